The van der Waals surface area contributed by atoms with Crippen LogP contribution in [-0.4, -0.2) is 20.8 Å². The summed E-state index contributed by atoms with van der Waals surface area (Å²) in [6.07, 6.45) is 0.982. The molecule has 1 unspecified atom stereocenters. The Morgan fingerprint density at radius 1 is 1.18 bits per heavy atom. The lowest BCUT2D eigenvalue weighted by Gasteiger charge is -2.20. The molecule has 0 amide bonds. The maximum atomic E-state index is 5.63. The molecule has 0 aromatic heterocycles. The van der Waals surface area contributed by atoms with Gasteiger partial charge < -0.3 is 15.2 Å². The van der Waals surface area contributed by atoms with Gasteiger partial charge in [-0.15, -0.1) is 0 Å². The molecule has 1 rings (SSSR count). The Kier molecular flexibility index (Phi) is 4.82. The van der Waals surface area contributed by atoms with Crippen molar-refractivity contribution in [2.75, 3.05) is 20.8 Å². The normalized spacial score (nSPS) is 12.4. The molecule has 0 radical (unpaired) electrons. The van der Waals surface area contributed by atoms with Crippen molar-refractivity contribution in [3.8, 4) is 11.5 Å². The monoisotopic (exact) mass is 237 g/mol. The van der Waals surface area contributed by atoms with Crippen molar-refractivity contribution in [3.05, 3.63) is 22.8 Å². The minimum absolute atomic E-state index is 0.443. The van der Waals surface area contributed by atoms with Crippen LogP contribution in [0.3, 0.4) is 0 Å². The van der Waals surface area contributed by atoms with Gasteiger partial charge in [0, 0.05) is 0 Å². The van der Waals surface area contributed by atoms with E-state index in [4.69, 9.17) is 15.2 Å². The highest BCUT2D eigenvalue weighted by atomic mass is 16.5. The Hall–Kier alpha value is -1.22. The molecule has 2 N–H and O–H groups in total. The fourth-order valence-corrected chi connectivity index (χ4v) is 2.30. The Morgan fingerprint density at radius 2 is 1.76 bits per heavy atom. The lowest BCUT2D eigenvalue weighted by atomic mass is 9.91. The third-order valence-corrected chi connectivity index (χ3v) is 3.25. The van der Waals surface area contributed by atoms with Gasteiger partial charge in [-0.1, -0.05) is 13.0 Å². The molecule has 0 aliphatic heterocycles. The summed E-state index contributed by atoms with van der Waals surface area (Å²) in [5.41, 5.74) is 9.18. The first kappa shape index (κ1) is 13.8. The third kappa shape index (κ3) is 2.72. The molecule has 0 saturated carbocycles. The van der Waals surface area contributed by atoms with Gasteiger partial charge in [0.1, 0.15) is 0 Å². The van der Waals surface area contributed by atoms with Gasteiger partial charge in [0.15, 0.2) is 11.5 Å². The van der Waals surface area contributed by atoms with Gasteiger partial charge in [0.05, 0.1) is 14.2 Å². The van der Waals surface area contributed by atoms with E-state index in [-0.39, 0.29) is 0 Å². The van der Waals surface area contributed by atoms with Crippen molar-refractivity contribution in [1.29, 1.82) is 0 Å². The zero-order valence-electron chi connectivity index (χ0n) is 11.5. The van der Waals surface area contributed by atoms with E-state index < -0.39 is 0 Å². The van der Waals surface area contributed by atoms with E-state index in [2.05, 4.69) is 19.9 Å². The molecule has 0 bridgehead atoms. The molecule has 3 heteroatoms. The quantitative estimate of drug-likeness (QED) is 0.856. The van der Waals surface area contributed by atoms with Gasteiger partial charge in [-0.2, -0.15) is 0 Å². The smallest absolute Gasteiger partial charge is 0.164 e. The molecule has 0 aliphatic rings. The molecule has 0 fully saturated rings. The van der Waals surface area contributed by atoms with Crippen LogP contribution in [-0.2, 0) is 0 Å². The van der Waals surface area contributed by atoms with E-state index in [1.165, 1.54) is 5.56 Å². The van der Waals surface area contributed by atoms with Crippen LogP contribution in [0.1, 0.15) is 36.0 Å². The molecule has 1 atom stereocenters. The van der Waals surface area contributed by atoms with Crippen LogP contribution in [0.15, 0.2) is 6.07 Å². The number of hydrogen-bond acceptors (Lipinski definition) is 3. The minimum atomic E-state index is 0.443. The van der Waals surface area contributed by atoms with E-state index >= 15 is 0 Å². The molecule has 1 aromatic carbocycles. The van der Waals surface area contributed by atoms with Crippen LogP contribution in [0, 0.1) is 13.8 Å². The molecule has 3 nitrogen and oxygen atoms in total. The van der Waals surface area contributed by atoms with Crippen LogP contribution in [0.25, 0.3) is 0 Å². The maximum Gasteiger partial charge on any atom is 0.164 e. The van der Waals surface area contributed by atoms with E-state index in [1.54, 1.807) is 14.2 Å². The summed E-state index contributed by atoms with van der Waals surface area (Å²) in [5.74, 6) is 2.11. The van der Waals surface area contributed by atoms with Gasteiger partial charge in [-0.3, -0.25) is 0 Å². The van der Waals surface area contributed by atoms with Gasteiger partial charge in [-0.25, -0.2) is 0 Å². The second-order valence-corrected chi connectivity index (χ2v) is 4.45. The summed E-state index contributed by atoms with van der Waals surface area (Å²) in [4.78, 5) is 0. The average Bonchev–Trinajstić information content (AvgIpc) is 2.31. The number of hydrogen-bond donors (Lipinski definition) is 1. The standard InChI is InChI=1S/C14H23NO2/c1-9(6-7-15)12-8-10(2)13(16-4)14(17-5)11(12)3/h8-9H,6-7,15H2,1-5H3. The van der Waals surface area contributed by atoms with Gasteiger partial charge in [-0.05, 0) is 49.4 Å². The summed E-state index contributed by atoms with van der Waals surface area (Å²) < 4.78 is 10.9. The number of nitrogens with two attached hydrogens (primary N) is 1. The van der Waals surface area contributed by atoms with Crippen LogP contribution in [0.4, 0.5) is 0 Å². The van der Waals surface area contributed by atoms with E-state index in [9.17, 15) is 0 Å². The fraction of sp³-hybridized carbons (Fsp3) is 0.571. The Bertz CT molecular complexity index is 388. The Balaban J connectivity index is 3.30. The first-order chi connectivity index (χ1) is 8.06. The summed E-state index contributed by atoms with van der Waals surface area (Å²) in [6, 6.07) is 2.18. The van der Waals surface area contributed by atoms with Crippen molar-refractivity contribution >= 4 is 0 Å². The molecule has 96 valence electrons. The van der Waals surface area contributed by atoms with Crippen LogP contribution in [0.2, 0.25) is 0 Å². The summed E-state index contributed by atoms with van der Waals surface area (Å²) in [6.45, 7) is 7.01. The molecule has 0 spiro atoms. The largest absolute Gasteiger partial charge is 0.493 e. The molecular weight excluding hydrogens is 214 g/mol. The lowest BCUT2D eigenvalue weighted by molar-refractivity contribution is 0.350. The summed E-state index contributed by atoms with van der Waals surface area (Å²) >= 11 is 0. The predicted molar refractivity (Wildman–Crippen MR) is 71.1 cm³/mol. The van der Waals surface area contributed by atoms with E-state index in [1.807, 2.05) is 6.92 Å². The Morgan fingerprint density at radius 3 is 2.24 bits per heavy atom. The average molecular weight is 237 g/mol. The van der Waals surface area contributed by atoms with Gasteiger partial charge in [0.25, 0.3) is 0 Å². The minimum Gasteiger partial charge on any atom is -0.493 e. The highest BCUT2D eigenvalue weighted by molar-refractivity contribution is 5.55. The summed E-state index contributed by atoms with van der Waals surface area (Å²) in [5, 5.41) is 0. The van der Waals surface area contributed by atoms with Gasteiger partial charge in [0.2, 0.25) is 0 Å². The zero-order chi connectivity index (χ0) is 13.0. The zero-order valence-corrected chi connectivity index (χ0v) is 11.5. The van der Waals surface area contributed by atoms with Crippen molar-refractivity contribution in [2.45, 2.75) is 33.1 Å². The van der Waals surface area contributed by atoms with Crippen molar-refractivity contribution in [2.24, 2.45) is 5.73 Å². The van der Waals surface area contributed by atoms with Crippen LogP contribution >= 0.6 is 0 Å². The van der Waals surface area contributed by atoms with E-state index in [0.29, 0.717) is 12.5 Å². The SMILES string of the molecule is COc1c(C)cc(C(C)CCN)c(C)c1OC. The molecule has 0 aliphatic carbocycles. The number of ether oxygens (including phenoxy) is 2. The molecule has 0 heterocycles. The molecule has 17 heavy (non-hydrogen) atoms. The maximum absolute atomic E-state index is 5.63. The number of benzene rings is 1. The third-order valence-electron chi connectivity index (χ3n) is 3.25. The van der Waals surface area contributed by atoms with Crippen molar-refractivity contribution in [3.63, 3.8) is 0 Å². The first-order valence-corrected chi connectivity index (χ1v) is 5.98. The fourth-order valence-electron chi connectivity index (χ4n) is 2.30. The molecule has 0 saturated heterocycles. The Labute approximate surface area is 104 Å². The molecule has 1 aromatic rings. The topological polar surface area (TPSA) is 44.5 Å². The number of aryl methyl sites for hydroxylation is 1. The van der Waals surface area contributed by atoms with Crippen molar-refractivity contribution < 1.29 is 9.47 Å². The molecular formula is C14H23NO2. The van der Waals surface area contributed by atoms with Gasteiger partial charge >= 0.3 is 0 Å². The van der Waals surface area contributed by atoms with Crippen LogP contribution < -0.4 is 15.2 Å². The van der Waals surface area contributed by atoms with Crippen LogP contribution in [0.5, 0.6) is 11.5 Å². The number of methoxy groups -OCH3 is 2. The van der Waals surface area contributed by atoms with Crippen molar-refractivity contribution in [1.82, 2.24) is 0 Å². The first-order valence-electron chi connectivity index (χ1n) is 5.98. The number of rotatable bonds is 5. The van der Waals surface area contributed by atoms with E-state index in [0.717, 1.165) is 29.0 Å². The highest BCUT2D eigenvalue weighted by Crippen LogP contribution is 2.39. The second kappa shape index (κ2) is 5.92. The lowest BCUT2D eigenvalue weighted by Crippen LogP contribution is -2.07. The predicted octanol–water partition coefficient (Wildman–Crippen LogP) is 2.77. The summed E-state index contributed by atoms with van der Waals surface area (Å²) in [7, 11) is 3.36. The second-order valence-electron chi connectivity index (χ2n) is 4.45. The highest BCUT2D eigenvalue weighted by Gasteiger charge is 2.17.